The minimum absolute atomic E-state index is 0.249. The van der Waals surface area contributed by atoms with Crippen molar-refractivity contribution in [2.75, 3.05) is 0 Å². The summed E-state index contributed by atoms with van der Waals surface area (Å²) in [7, 11) is 0. The fourth-order valence-electron chi connectivity index (χ4n) is 1.25. The predicted molar refractivity (Wildman–Crippen MR) is 42.0 cm³/mol. The third-order valence-electron chi connectivity index (χ3n) is 1.82. The third-order valence-corrected chi connectivity index (χ3v) is 2.23. The van der Waals surface area contributed by atoms with Crippen LogP contribution in [-0.2, 0) is 4.79 Å². The summed E-state index contributed by atoms with van der Waals surface area (Å²) >= 11 is 5.84. The van der Waals surface area contributed by atoms with Crippen LogP contribution < -0.4 is 0 Å². The maximum absolute atomic E-state index is 11.1. The first kappa shape index (κ1) is 7.80. The van der Waals surface area contributed by atoms with Gasteiger partial charge < -0.3 is 0 Å². The summed E-state index contributed by atoms with van der Waals surface area (Å²) in [6.45, 7) is 1.97. The fraction of sp³-hybridized carbons (Fsp3) is 0.625. The number of rotatable bonds is 1. The second kappa shape index (κ2) is 3.20. The molecule has 0 atom stereocenters. The van der Waals surface area contributed by atoms with Gasteiger partial charge in [0.05, 0.1) is 0 Å². The van der Waals surface area contributed by atoms with Crippen molar-refractivity contribution in [1.82, 2.24) is 0 Å². The van der Waals surface area contributed by atoms with E-state index in [4.69, 9.17) is 11.6 Å². The number of hydrogen-bond donors (Lipinski definition) is 0. The smallest absolute Gasteiger partial charge is 0.160 e. The summed E-state index contributed by atoms with van der Waals surface area (Å²) in [5, 5.41) is 0.791. The molecule has 0 radical (unpaired) electrons. The van der Waals surface area contributed by atoms with E-state index in [1.807, 2.05) is 6.92 Å². The highest BCUT2D eigenvalue weighted by Gasteiger charge is 2.16. The van der Waals surface area contributed by atoms with Gasteiger partial charge in [-0.15, -0.1) is 0 Å². The average molecular weight is 159 g/mol. The molecule has 2 heteroatoms. The molecular formula is C8H11ClO. The average Bonchev–Trinajstić information content (AvgIpc) is 1.88. The molecule has 0 fully saturated rings. The lowest BCUT2D eigenvalue weighted by molar-refractivity contribution is -0.116. The standard InChI is InChI=1S/C8H11ClO/c1-2-6-7(9)4-3-5-8(6)10/h2-5H2,1H3. The van der Waals surface area contributed by atoms with Crippen molar-refractivity contribution in [3.8, 4) is 0 Å². The van der Waals surface area contributed by atoms with Crippen molar-refractivity contribution in [3.63, 3.8) is 0 Å². The normalized spacial score (nSPS) is 20.0. The van der Waals surface area contributed by atoms with Gasteiger partial charge in [0.15, 0.2) is 5.78 Å². The number of ketones is 1. The van der Waals surface area contributed by atoms with Gasteiger partial charge in [-0.3, -0.25) is 4.79 Å². The molecule has 0 saturated heterocycles. The van der Waals surface area contributed by atoms with Crippen LogP contribution in [0.3, 0.4) is 0 Å². The number of allylic oxidation sites excluding steroid dienone is 2. The van der Waals surface area contributed by atoms with Crippen molar-refractivity contribution in [1.29, 1.82) is 0 Å². The molecule has 0 aliphatic heterocycles. The molecule has 0 bridgehead atoms. The Balaban J connectivity index is 2.84. The summed E-state index contributed by atoms with van der Waals surface area (Å²) in [6.07, 6.45) is 3.31. The molecule has 0 heterocycles. The van der Waals surface area contributed by atoms with E-state index in [-0.39, 0.29) is 5.78 Å². The number of hydrogen-bond acceptors (Lipinski definition) is 1. The van der Waals surface area contributed by atoms with E-state index in [0.29, 0.717) is 6.42 Å². The first-order valence-corrected chi connectivity index (χ1v) is 4.04. The molecule has 0 N–H and O–H groups in total. The molecule has 0 aromatic carbocycles. The molecule has 0 amide bonds. The number of Topliss-reactive ketones (excluding diaryl/α,β-unsaturated/α-hetero) is 1. The van der Waals surface area contributed by atoms with Crippen molar-refractivity contribution < 1.29 is 4.79 Å². The Hall–Kier alpha value is -0.300. The van der Waals surface area contributed by atoms with Crippen LogP contribution >= 0.6 is 11.6 Å². The van der Waals surface area contributed by atoms with E-state index in [2.05, 4.69) is 0 Å². The Morgan fingerprint density at radius 1 is 1.50 bits per heavy atom. The highest BCUT2D eigenvalue weighted by Crippen LogP contribution is 2.26. The van der Waals surface area contributed by atoms with Gasteiger partial charge in [-0.2, -0.15) is 0 Å². The predicted octanol–water partition coefficient (Wildman–Crippen LogP) is 2.64. The Bertz CT molecular complexity index is 182. The lowest BCUT2D eigenvalue weighted by atomic mass is 9.96. The van der Waals surface area contributed by atoms with E-state index in [1.54, 1.807) is 0 Å². The molecular weight excluding hydrogens is 148 g/mol. The summed E-state index contributed by atoms with van der Waals surface area (Å²) in [5.41, 5.74) is 0.855. The highest BCUT2D eigenvalue weighted by atomic mass is 35.5. The Labute approximate surface area is 66.1 Å². The lowest BCUT2D eigenvalue weighted by Crippen LogP contribution is -2.08. The van der Waals surface area contributed by atoms with Crippen LogP contribution in [0.5, 0.6) is 0 Å². The molecule has 1 rings (SSSR count). The summed E-state index contributed by atoms with van der Waals surface area (Å²) in [5.74, 6) is 0.249. The molecule has 0 aromatic heterocycles. The van der Waals surface area contributed by atoms with Gasteiger partial charge in [0.1, 0.15) is 0 Å². The van der Waals surface area contributed by atoms with Crippen molar-refractivity contribution in [2.24, 2.45) is 0 Å². The van der Waals surface area contributed by atoms with E-state index in [1.165, 1.54) is 0 Å². The van der Waals surface area contributed by atoms with Crippen molar-refractivity contribution in [3.05, 3.63) is 10.6 Å². The maximum Gasteiger partial charge on any atom is 0.160 e. The van der Waals surface area contributed by atoms with Crippen LogP contribution in [0.25, 0.3) is 0 Å². The zero-order valence-electron chi connectivity index (χ0n) is 6.11. The molecule has 1 nitrogen and oxygen atoms in total. The van der Waals surface area contributed by atoms with E-state index in [0.717, 1.165) is 29.9 Å². The zero-order valence-corrected chi connectivity index (χ0v) is 6.87. The number of carbonyl (C=O) groups excluding carboxylic acids is 1. The van der Waals surface area contributed by atoms with E-state index >= 15 is 0 Å². The largest absolute Gasteiger partial charge is 0.295 e. The molecule has 10 heavy (non-hydrogen) atoms. The van der Waals surface area contributed by atoms with Gasteiger partial charge in [-0.25, -0.2) is 0 Å². The number of halogens is 1. The van der Waals surface area contributed by atoms with Crippen LogP contribution in [0, 0.1) is 0 Å². The van der Waals surface area contributed by atoms with Gasteiger partial charge in [0, 0.05) is 17.0 Å². The van der Waals surface area contributed by atoms with Crippen LogP contribution in [-0.4, -0.2) is 5.78 Å². The first-order valence-electron chi connectivity index (χ1n) is 3.66. The van der Waals surface area contributed by atoms with Gasteiger partial charge >= 0.3 is 0 Å². The SMILES string of the molecule is CCC1=C(Cl)CCCC1=O. The first-order chi connectivity index (χ1) is 4.75. The quantitative estimate of drug-likeness (QED) is 0.574. The summed E-state index contributed by atoms with van der Waals surface area (Å²) < 4.78 is 0. The van der Waals surface area contributed by atoms with E-state index < -0.39 is 0 Å². The molecule has 1 aliphatic rings. The molecule has 56 valence electrons. The highest BCUT2D eigenvalue weighted by molar-refractivity contribution is 6.32. The molecule has 0 spiro atoms. The monoisotopic (exact) mass is 158 g/mol. The second-order valence-electron chi connectivity index (χ2n) is 2.51. The van der Waals surface area contributed by atoms with E-state index in [9.17, 15) is 4.79 Å². The minimum atomic E-state index is 0.249. The Kier molecular flexibility index (Phi) is 2.50. The summed E-state index contributed by atoms with van der Waals surface area (Å²) in [4.78, 5) is 11.1. The molecule has 0 aromatic rings. The zero-order chi connectivity index (χ0) is 7.56. The van der Waals surface area contributed by atoms with Gasteiger partial charge in [0.2, 0.25) is 0 Å². The third kappa shape index (κ3) is 1.40. The molecule has 1 aliphatic carbocycles. The second-order valence-corrected chi connectivity index (χ2v) is 2.97. The lowest BCUT2D eigenvalue weighted by Gasteiger charge is -2.12. The van der Waals surface area contributed by atoms with Gasteiger partial charge in [-0.1, -0.05) is 18.5 Å². The molecule has 0 saturated carbocycles. The van der Waals surface area contributed by atoms with Crippen LogP contribution in [0.1, 0.15) is 32.6 Å². The topological polar surface area (TPSA) is 17.1 Å². The van der Waals surface area contributed by atoms with Gasteiger partial charge in [-0.05, 0) is 19.3 Å². The Morgan fingerprint density at radius 2 is 2.20 bits per heavy atom. The summed E-state index contributed by atoms with van der Waals surface area (Å²) in [6, 6.07) is 0. The Morgan fingerprint density at radius 3 is 2.60 bits per heavy atom. The van der Waals surface area contributed by atoms with Crippen molar-refractivity contribution in [2.45, 2.75) is 32.6 Å². The van der Waals surface area contributed by atoms with Crippen LogP contribution in [0.4, 0.5) is 0 Å². The van der Waals surface area contributed by atoms with Crippen LogP contribution in [0.15, 0.2) is 10.6 Å². The van der Waals surface area contributed by atoms with Crippen molar-refractivity contribution >= 4 is 17.4 Å². The van der Waals surface area contributed by atoms with Gasteiger partial charge in [0.25, 0.3) is 0 Å². The molecule has 0 unspecified atom stereocenters. The van der Waals surface area contributed by atoms with Crippen LogP contribution in [0.2, 0.25) is 0 Å². The number of carbonyl (C=O) groups is 1. The maximum atomic E-state index is 11.1. The fourth-order valence-corrected chi connectivity index (χ4v) is 1.62. The minimum Gasteiger partial charge on any atom is -0.295 e.